The molecule has 1 aromatic carbocycles. The molecule has 1 aliphatic heterocycles. The van der Waals surface area contributed by atoms with Crippen LogP contribution in [0, 0.1) is 5.41 Å². The molecule has 5 N–H and O–H groups in total. The van der Waals surface area contributed by atoms with Crippen molar-refractivity contribution < 1.29 is 4.74 Å². The number of nitrogens with zero attached hydrogens (tertiary/aromatic N) is 5. The molecule has 1 saturated heterocycles. The number of nitrogens with one attached hydrogen (secondary N) is 1. The Morgan fingerprint density at radius 2 is 2.00 bits per heavy atom. The number of aromatic nitrogens is 5. The van der Waals surface area contributed by atoms with Gasteiger partial charge >= 0.3 is 0 Å². The average Bonchev–Trinajstić information content (AvgIpc) is 3.43. The largest absolute Gasteiger partial charge is 0.480 e. The molecular weight excluding hydrogens is 460 g/mol. The Morgan fingerprint density at radius 1 is 1.17 bits per heavy atom. The van der Waals surface area contributed by atoms with Crippen LogP contribution in [0.2, 0.25) is 0 Å². The van der Waals surface area contributed by atoms with E-state index in [9.17, 15) is 0 Å². The summed E-state index contributed by atoms with van der Waals surface area (Å²) >= 11 is 1.44. The van der Waals surface area contributed by atoms with Crippen LogP contribution in [0.4, 0.5) is 5.95 Å². The number of benzene rings is 1. The summed E-state index contributed by atoms with van der Waals surface area (Å²) in [6.45, 7) is 2.21. The molecule has 9 nitrogen and oxygen atoms in total. The molecule has 2 aliphatic rings. The Labute approximate surface area is 207 Å². The van der Waals surface area contributed by atoms with Gasteiger partial charge in [0.2, 0.25) is 11.8 Å². The van der Waals surface area contributed by atoms with Crippen LogP contribution in [0.15, 0.2) is 52.6 Å². The lowest BCUT2D eigenvalue weighted by Gasteiger charge is -2.42. The van der Waals surface area contributed by atoms with Gasteiger partial charge in [0.05, 0.1) is 18.2 Å². The number of hydrogen-bond acceptors (Lipinski definition) is 9. The summed E-state index contributed by atoms with van der Waals surface area (Å²) < 4.78 is 5.40. The van der Waals surface area contributed by atoms with Gasteiger partial charge < -0.3 is 26.1 Å². The first-order valence-electron chi connectivity index (χ1n) is 11.8. The van der Waals surface area contributed by atoms with Gasteiger partial charge in [0.15, 0.2) is 11.3 Å². The highest BCUT2D eigenvalue weighted by Gasteiger charge is 2.46. The molecular formula is C25H28N8OS. The SMILES string of the molecule is COc1ncc(CN)cc1Sc1cnc2[nH]c(N3CCC4(CC3)Cc3ccccc3[C@H]4N)nc2n1. The third kappa shape index (κ3) is 3.91. The normalized spacial score (nSPS) is 18.8. The first-order chi connectivity index (χ1) is 17.1. The molecule has 1 spiro atoms. The quantitative estimate of drug-likeness (QED) is 0.387. The minimum absolute atomic E-state index is 0.101. The Kier molecular flexibility index (Phi) is 5.58. The smallest absolute Gasteiger partial charge is 0.227 e. The molecule has 10 heteroatoms. The molecule has 180 valence electrons. The van der Waals surface area contributed by atoms with Gasteiger partial charge in [-0.2, -0.15) is 4.98 Å². The maximum atomic E-state index is 6.74. The van der Waals surface area contributed by atoms with E-state index in [4.69, 9.17) is 26.2 Å². The first-order valence-corrected chi connectivity index (χ1v) is 12.6. The molecule has 0 unspecified atom stereocenters. The summed E-state index contributed by atoms with van der Waals surface area (Å²) in [7, 11) is 1.60. The van der Waals surface area contributed by atoms with E-state index in [2.05, 4.69) is 44.1 Å². The van der Waals surface area contributed by atoms with Gasteiger partial charge in [0, 0.05) is 31.9 Å². The Morgan fingerprint density at radius 3 is 2.77 bits per heavy atom. The van der Waals surface area contributed by atoms with Crippen molar-refractivity contribution in [3.8, 4) is 5.88 Å². The lowest BCUT2D eigenvalue weighted by Crippen LogP contribution is -2.44. The second-order valence-corrected chi connectivity index (χ2v) is 10.4. The van der Waals surface area contributed by atoms with Crippen molar-refractivity contribution in [2.24, 2.45) is 16.9 Å². The standard InChI is InChI=1S/C25H28N8OS/c1-34-23-18(10-15(12-26)13-29-23)35-19-14-28-21-22(30-19)32-24(31-21)33-8-6-25(7-9-33)11-16-4-2-3-5-17(16)20(25)27/h2-5,10,13-14,20H,6-9,11-12,26-27H2,1H3,(H,28,30,31,32)/t20-/m1/s1. The molecule has 0 saturated carbocycles. The van der Waals surface area contributed by atoms with Crippen LogP contribution in [-0.2, 0) is 13.0 Å². The van der Waals surface area contributed by atoms with E-state index in [1.165, 1.54) is 22.9 Å². The summed E-state index contributed by atoms with van der Waals surface area (Å²) in [5.41, 5.74) is 17.6. The molecule has 0 amide bonds. The van der Waals surface area contributed by atoms with Crippen LogP contribution in [0.5, 0.6) is 5.88 Å². The van der Waals surface area contributed by atoms with Crippen molar-refractivity contribution >= 4 is 29.0 Å². The topological polar surface area (TPSA) is 132 Å². The third-order valence-electron chi connectivity index (χ3n) is 7.34. The van der Waals surface area contributed by atoms with Crippen molar-refractivity contribution in [2.45, 2.75) is 41.8 Å². The Balaban J connectivity index is 1.19. The van der Waals surface area contributed by atoms with E-state index >= 15 is 0 Å². The number of imidazole rings is 1. The minimum atomic E-state index is 0.101. The van der Waals surface area contributed by atoms with Crippen LogP contribution in [0.1, 0.15) is 35.6 Å². The summed E-state index contributed by atoms with van der Waals surface area (Å²) in [6, 6.07) is 10.7. The lowest BCUT2D eigenvalue weighted by molar-refractivity contribution is 0.187. The van der Waals surface area contributed by atoms with Crippen LogP contribution >= 0.6 is 11.8 Å². The highest BCUT2D eigenvalue weighted by Crippen LogP contribution is 2.50. The molecule has 3 aromatic heterocycles. The number of rotatable bonds is 5. The number of nitrogens with two attached hydrogens (primary N) is 2. The molecule has 1 fully saturated rings. The summed E-state index contributed by atoms with van der Waals surface area (Å²) in [5.74, 6) is 1.34. The maximum Gasteiger partial charge on any atom is 0.227 e. The lowest BCUT2D eigenvalue weighted by atomic mass is 9.73. The van der Waals surface area contributed by atoms with E-state index in [0.29, 0.717) is 23.7 Å². The average molecular weight is 489 g/mol. The molecule has 4 heterocycles. The van der Waals surface area contributed by atoms with Gasteiger partial charge in [-0.3, -0.25) is 0 Å². The number of pyridine rings is 1. The number of ether oxygens (including phenoxy) is 1. The fourth-order valence-corrected chi connectivity index (χ4v) is 6.25. The first kappa shape index (κ1) is 22.3. The zero-order chi connectivity index (χ0) is 24.0. The van der Waals surface area contributed by atoms with Crippen molar-refractivity contribution in [1.29, 1.82) is 0 Å². The zero-order valence-electron chi connectivity index (χ0n) is 19.6. The second kappa shape index (κ2) is 8.78. The predicted octanol–water partition coefficient (Wildman–Crippen LogP) is 3.21. The van der Waals surface area contributed by atoms with Gasteiger partial charge in [-0.05, 0) is 47.4 Å². The van der Waals surface area contributed by atoms with Crippen molar-refractivity contribution in [3.05, 3.63) is 59.4 Å². The van der Waals surface area contributed by atoms with Crippen molar-refractivity contribution in [2.75, 3.05) is 25.1 Å². The van der Waals surface area contributed by atoms with Crippen molar-refractivity contribution in [3.63, 3.8) is 0 Å². The van der Waals surface area contributed by atoms with E-state index in [1.54, 1.807) is 19.5 Å². The van der Waals surface area contributed by atoms with Crippen LogP contribution in [0.25, 0.3) is 11.3 Å². The van der Waals surface area contributed by atoms with E-state index in [-0.39, 0.29) is 11.5 Å². The maximum absolute atomic E-state index is 6.74. The van der Waals surface area contributed by atoms with E-state index in [0.717, 1.165) is 53.8 Å². The number of hydrogen-bond donors (Lipinski definition) is 3. The number of H-pyrrole nitrogens is 1. The molecule has 4 aromatic rings. The van der Waals surface area contributed by atoms with Gasteiger partial charge in [-0.15, -0.1) is 0 Å². The van der Waals surface area contributed by atoms with Crippen LogP contribution < -0.4 is 21.1 Å². The monoisotopic (exact) mass is 488 g/mol. The van der Waals surface area contributed by atoms with E-state index < -0.39 is 0 Å². The summed E-state index contributed by atoms with van der Waals surface area (Å²) in [4.78, 5) is 24.9. The van der Waals surface area contributed by atoms with Gasteiger partial charge in [-0.25, -0.2) is 15.0 Å². The van der Waals surface area contributed by atoms with E-state index in [1.807, 2.05) is 6.07 Å². The predicted molar refractivity (Wildman–Crippen MR) is 135 cm³/mol. The Hall–Kier alpha value is -3.21. The zero-order valence-corrected chi connectivity index (χ0v) is 20.4. The molecule has 1 aliphatic carbocycles. The fraction of sp³-hybridized carbons (Fsp3) is 0.360. The van der Waals surface area contributed by atoms with Crippen molar-refractivity contribution in [1.82, 2.24) is 24.9 Å². The second-order valence-electron chi connectivity index (χ2n) is 9.30. The van der Waals surface area contributed by atoms with Gasteiger partial charge in [0.1, 0.15) is 5.03 Å². The number of piperidine rings is 1. The van der Waals surface area contributed by atoms with Gasteiger partial charge in [-0.1, -0.05) is 36.0 Å². The Bertz CT molecular complexity index is 1380. The molecule has 6 rings (SSSR count). The number of anilines is 1. The minimum Gasteiger partial charge on any atom is -0.480 e. The van der Waals surface area contributed by atoms with Crippen LogP contribution in [-0.4, -0.2) is 45.1 Å². The molecule has 0 bridgehead atoms. The van der Waals surface area contributed by atoms with Crippen LogP contribution in [0.3, 0.4) is 0 Å². The number of methoxy groups -OCH3 is 1. The highest BCUT2D eigenvalue weighted by molar-refractivity contribution is 7.99. The highest BCUT2D eigenvalue weighted by atomic mass is 32.2. The third-order valence-corrected chi connectivity index (χ3v) is 8.26. The molecule has 35 heavy (non-hydrogen) atoms. The summed E-state index contributed by atoms with van der Waals surface area (Å²) in [6.07, 6.45) is 6.59. The molecule has 0 radical (unpaired) electrons. The van der Waals surface area contributed by atoms with Gasteiger partial charge in [0.25, 0.3) is 0 Å². The summed E-state index contributed by atoms with van der Waals surface area (Å²) in [5, 5.41) is 0.720. The molecule has 1 atom stereocenters. The number of fused-ring (bicyclic) bond motifs is 2. The number of aromatic amines is 1. The fourth-order valence-electron chi connectivity index (χ4n) is 5.36.